The summed E-state index contributed by atoms with van der Waals surface area (Å²) < 4.78 is 0. The monoisotopic (exact) mass is 222 g/mol. The first-order valence-corrected chi connectivity index (χ1v) is 6.76. The Labute approximate surface area is 97.8 Å². The molecule has 2 fully saturated rings. The van der Waals surface area contributed by atoms with Gasteiger partial charge in [-0.3, -0.25) is 9.59 Å². The zero-order valence-electron chi connectivity index (χ0n) is 10.2. The maximum Gasteiger partial charge on any atom is 0.136 e. The molecule has 0 aromatic heterocycles. The molecule has 0 spiro atoms. The van der Waals surface area contributed by atoms with Gasteiger partial charge >= 0.3 is 0 Å². The smallest absolute Gasteiger partial charge is 0.136 e. The third kappa shape index (κ3) is 2.36. The molecule has 3 unspecified atom stereocenters. The van der Waals surface area contributed by atoms with Gasteiger partial charge in [-0.25, -0.2) is 0 Å². The molecule has 0 aromatic carbocycles. The molecular formula is C14H22O2. The van der Waals surface area contributed by atoms with Crippen molar-refractivity contribution in [3.05, 3.63) is 0 Å². The fourth-order valence-electron chi connectivity index (χ4n) is 3.39. The van der Waals surface area contributed by atoms with Crippen molar-refractivity contribution < 1.29 is 9.59 Å². The van der Waals surface area contributed by atoms with Crippen LogP contribution in [0.5, 0.6) is 0 Å². The topological polar surface area (TPSA) is 34.1 Å². The highest BCUT2D eigenvalue weighted by molar-refractivity contribution is 5.88. The molecule has 2 heteroatoms. The highest BCUT2D eigenvalue weighted by Crippen LogP contribution is 2.49. The van der Waals surface area contributed by atoms with Gasteiger partial charge in [0, 0.05) is 25.2 Å². The molecule has 16 heavy (non-hydrogen) atoms. The fourth-order valence-corrected chi connectivity index (χ4v) is 3.39. The summed E-state index contributed by atoms with van der Waals surface area (Å²) in [5.74, 6) is 2.70. The lowest BCUT2D eigenvalue weighted by atomic mass is 9.70. The van der Waals surface area contributed by atoms with Crippen LogP contribution in [0.2, 0.25) is 0 Å². The Balaban J connectivity index is 1.63. The first-order valence-electron chi connectivity index (χ1n) is 6.76. The van der Waals surface area contributed by atoms with Crippen molar-refractivity contribution in [2.24, 2.45) is 17.8 Å². The van der Waals surface area contributed by atoms with Crippen molar-refractivity contribution >= 4 is 11.6 Å². The Hall–Kier alpha value is -0.660. The number of unbranched alkanes of at least 4 members (excludes halogenated alkanes) is 1. The predicted octanol–water partition coefficient (Wildman–Crippen LogP) is 3.14. The molecule has 0 aliphatic heterocycles. The molecule has 0 amide bonds. The summed E-state index contributed by atoms with van der Waals surface area (Å²) >= 11 is 0. The molecular weight excluding hydrogens is 200 g/mol. The van der Waals surface area contributed by atoms with Crippen LogP contribution in [-0.2, 0) is 9.59 Å². The predicted molar refractivity (Wildman–Crippen MR) is 63.1 cm³/mol. The van der Waals surface area contributed by atoms with Crippen molar-refractivity contribution in [3.8, 4) is 0 Å². The summed E-state index contributed by atoms with van der Waals surface area (Å²) in [5.41, 5.74) is 0. The second-order valence-corrected chi connectivity index (χ2v) is 5.43. The molecule has 0 radical (unpaired) electrons. The van der Waals surface area contributed by atoms with E-state index in [4.69, 9.17) is 0 Å². The van der Waals surface area contributed by atoms with Gasteiger partial charge in [0.15, 0.2) is 0 Å². The Bertz CT molecular complexity index is 282. The van der Waals surface area contributed by atoms with E-state index in [1.54, 1.807) is 0 Å². The largest absolute Gasteiger partial charge is 0.300 e. The third-order valence-corrected chi connectivity index (χ3v) is 4.43. The summed E-state index contributed by atoms with van der Waals surface area (Å²) in [5, 5.41) is 0. The van der Waals surface area contributed by atoms with Gasteiger partial charge in [0.2, 0.25) is 0 Å². The Morgan fingerprint density at radius 3 is 2.81 bits per heavy atom. The molecule has 0 aromatic rings. The quantitative estimate of drug-likeness (QED) is 0.647. The second kappa shape index (κ2) is 5.11. The molecule has 2 aliphatic carbocycles. The maximum absolute atomic E-state index is 11.5. The van der Waals surface area contributed by atoms with E-state index < -0.39 is 0 Å². The van der Waals surface area contributed by atoms with Gasteiger partial charge in [-0.1, -0.05) is 13.3 Å². The van der Waals surface area contributed by atoms with Crippen molar-refractivity contribution in [2.75, 3.05) is 0 Å². The van der Waals surface area contributed by atoms with E-state index in [0.29, 0.717) is 29.8 Å². The van der Waals surface area contributed by atoms with Crippen molar-refractivity contribution in [3.63, 3.8) is 0 Å². The van der Waals surface area contributed by atoms with Crippen LogP contribution in [-0.4, -0.2) is 11.6 Å². The first-order chi connectivity index (χ1) is 7.72. The summed E-state index contributed by atoms with van der Waals surface area (Å²) in [6.07, 6.45) is 8.12. The molecule has 3 atom stereocenters. The van der Waals surface area contributed by atoms with Crippen LogP contribution < -0.4 is 0 Å². The van der Waals surface area contributed by atoms with Gasteiger partial charge in [0.05, 0.1) is 0 Å². The summed E-state index contributed by atoms with van der Waals surface area (Å²) in [7, 11) is 0. The average Bonchev–Trinajstić information content (AvgIpc) is 2.60. The van der Waals surface area contributed by atoms with Crippen LogP contribution >= 0.6 is 0 Å². The molecule has 0 N–H and O–H groups in total. The molecule has 2 nitrogen and oxygen atoms in total. The van der Waals surface area contributed by atoms with Crippen molar-refractivity contribution in [1.82, 2.24) is 0 Å². The molecule has 2 aliphatic rings. The van der Waals surface area contributed by atoms with Crippen LogP contribution in [0.1, 0.15) is 58.3 Å². The van der Waals surface area contributed by atoms with Gasteiger partial charge in [-0.2, -0.15) is 0 Å². The first kappa shape index (κ1) is 11.8. The maximum atomic E-state index is 11.5. The van der Waals surface area contributed by atoms with Crippen molar-refractivity contribution in [1.29, 1.82) is 0 Å². The normalized spacial score (nSPS) is 32.3. The molecule has 2 saturated carbocycles. The lowest BCUT2D eigenvalue weighted by Gasteiger charge is -2.32. The van der Waals surface area contributed by atoms with E-state index in [9.17, 15) is 9.59 Å². The zero-order chi connectivity index (χ0) is 11.5. The van der Waals surface area contributed by atoms with Crippen LogP contribution in [0.15, 0.2) is 0 Å². The van der Waals surface area contributed by atoms with E-state index in [-0.39, 0.29) is 0 Å². The van der Waals surface area contributed by atoms with E-state index in [1.165, 1.54) is 19.3 Å². The van der Waals surface area contributed by atoms with E-state index in [1.807, 2.05) is 6.92 Å². The highest BCUT2D eigenvalue weighted by Gasteiger charge is 2.48. The minimum atomic E-state index is 0.379. The number of hydrogen-bond acceptors (Lipinski definition) is 2. The van der Waals surface area contributed by atoms with Crippen LogP contribution in [0.4, 0.5) is 0 Å². The van der Waals surface area contributed by atoms with Gasteiger partial charge < -0.3 is 0 Å². The van der Waals surface area contributed by atoms with Crippen LogP contribution in [0, 0.1) is 17.8 Å². The van der Waals surface area contributed by atoms with E-state index in [0.717, 1.165) is 31.6 Å². The lowest BCUT2D eigenvalue weighted by molar-refractivity contribution is -0.134. The number of hydrogen-bond donors (Lipinski definition) is 0. The number of ketones is 2. The number of carbonyl (C=O) groups is 2. The van der Waals surface area contributed by atoms with Crippen molar-refractivity contribution in [2.45, 2.75) is 58.3 Å². The zero-order valence-corrected chi connectivity index (χ0v) is 10.2. The van der Waals surface area contributed by atoms with Gasteiger partial charge in [0.1, 0.15) is 11.6 Å². The Morgan fingerprint density at radius 2 is 2.12 bits per heavy atom. The third-order valence-electron chi connectivity index (χ3n) is 4.43. The Morgan fingerprint density at radius 1 is 1.31 bits per heavy atom. The minimum absolute atomic E-state index is 0.379. The summed E-state index contributed by atoms with van der Waals surface area (Å²) in [6.45, 7) is 1.93. The SMILES string of the molecule is CCC(=O)CCCCC1CCC2CC(=O)C12. The molecule has 0 bridgehead atoms. The van der Waals surface area contributed by atoms with Gasteiger partial charge in [0.25, 0.3) is 0 Å². The molecule has 0 saturated heterocycles. The van der Waals surface area contributed by atoms with Gasteiger partial charge in [-0.15, -0.1) is 0 Å². The number of rotatable bonds is 6. The fraction of sp³-hybridized carbons (Fsp3) is 0.857. The number of carbonyl (C=O) groups excluding carboxylic acids is 2. The average molecular weight is 222 g/mol. The highest BCUT2D eigenvalue weighted by atomic mass is 16.1. The van der Waals surface area contributed by atoms with E-state index >= 15 is 0 Å². The standard InChI is InChI=1S/C14H22O2/c1-2-12(15)6-4-3-5-10-7-8-11-9-13(16)14(10)11/h10-11,14H,2-9H2,1H3. The van der Waals surface area contributed by atoms with Crippen LogP contribution in [0.3, 0.4) is 0 Å². The minimum Gasteiger partial charge on any atom is -0.300 e. The van der Waals surface area contributed by atoms with E-state index in [2.05, 4.69) is 0 Å². The molecule has 2 rings (SSSR count). The Kier molecular flexibility index (Phi) is 3.78. The number of Topliss-reactive ketones (excluding diaryl/α,β-unsaturated/α-hetero) is 2. The van der Waals surface area contributed by atoms with Crippen LogP contribution in [0.25, 0.3) is 0 Å². The number of fused-ring (bicyclic) bond motifs is 1. The second-order valence-electron chi connectivity index (χ2n) is 5.43. The summed E-state index contributed by atoms with van der Waals surface area (Å²) in [6, 6.07) is 0. The molecule has 0 heterocycles. The molecule has 90 valence electrons. The van der Waals surface area contributed by atoms with Gasteiger partial charge in [-0.05, 0) is 37.5 Å². The summed E-state index contributed by atoms with van der Waals surface area (Å²) in [4.78, 5) is 22.6. The lowest BCUT2D eigenvalue weighted by Crippen LogP contribution is -2.36.